The minimum absolute atomic E-state index is 0.181. The minimum atomic E-state index is -0.879. The first-order valence-corrected chi connectivity index (χ1v) is 9.67. The molecule has 4 fully saturated rings. The number of carboxylic acid groups (broad SMARTS) is 1. The van der Waals surface area contributed by atoms with Gasteiger partial charge in [-0.3, -0.25) is 4.79 Å². The molecule has 3 heterocycles. The van der Waals surface area contributed by atoms with Crippen molar-refractivity contribution < 1.29 is 19.4 Å². The SMILES string of the molecule is O=C(O)N1CCN(C(=O)C2CC23CCN(C2CCOCC2)CC3)CC1. The summed E-state index contributed by atoms with van der Waals surface area (Å²) >= 11 is 0. The average Bonchev–Trinajstić information content (AvgIpc) is 3.36. The minimum Gasteiger partial charge on any atom is -0.465 e. The molecule has 1 aliphatic carbocycles. The van der Waals surface area contributed by atoms with Crippen LogP contribution in [0.5, 0.6) is 0 Å². The van der Waals surface area contributed by atoms with Crippen molar-refractivity contribution in [2.75, 3.05) is 52.5 Å². The zero-order valence-corrected chi connectivity index (χ0v) is 14.9. The number of amides is 2. The standard InChI is InChI=1S/C18H29N3O4/c22-16(20-7-9-21(10-8-20)17(23)24)15-13-18(15)3-5-19(6-4-18)14-1-11-25-12-2-14/h14-15H,1-13H2,(H,23,24). The molecular formula is C18H29N3O4. The van der Waals surface area contributed by atoms with Gasteiger partial charge in [-0.05, 0) is 50.6 Å². The van der Waals surface area contributed by atoms with Crippen LogP contribution in [-0.4, -0.2) is 90.3 Å². The van der Waals surface area contributed by atoms with E-state index in [0.717, 1.165) is 58.4 Å². The van der Waals surface area contributed by atoms with E-state index in [1.54, 1.807) is 0 Å². The summed E-state index contributed by atoms with van der Waals surface area (Å²) in [5.74, 6) is 0.449. The van der Waals surface area contributed by atoms with E-state index < -0.39 is 6.09 Å². The molecular weight excluding hydrogens is 322 g/mol. The predicted octanol–water partition coefficient (Wildman–Crippen LogP) is 1.09. The number of piperidine rings is 1. The van der Waals surface area contributed by atoms with Gasteiger partial charge in [-0.25, -0.2) is 4.79 Å². The highest BCUT2D eigenvalue weighted by atomic mass is 16.5. The molecule has 140 valence electrons. The number of hydrogen-bond donors (Lipinski definition) is 1. The number of likely N-dealkylation sites (tertiary alicyclic amines) is 1. The van der Waals surface area contributed by atoms with Gasteiger partial charge in [0, 0.05) is 51.4 Å². The van der Waals surface area contributed by atoms with Crippen LogP contribution in [0.15, 0.2) is 0 Å². The highest BCUT2D eigenvalue weighted by Crippen LogP contribution is 2.60. The average molecular weight is 351 g/mol. The largest absolute Gasteiger partial charge is 0.465 e. The van der Waals surface area contributed by atoms with Gasteiger partial charge in [0.05, 0.1) is 0 Å². The fraction of sp³-hybridized carbons (Fsp3) is 0.889. The number of carbonyl (C=O) groups excluding carboxylic acids is 1. The molecule has 2 amide bonds. The van der Waals surface area contributed by atoms with Crippen LogP contribution in [0.4, 0.5) is 4.79 Å². The van der Waals surface area contributed by atoms with Crippen LogP contribution in [0.3, 0.4) is 0 Å². The van der Waals surface area contributed by atoms with Crippen LogP contribution >= 0.6 is 0 Å². The highest BCUT2D eigenvalue weighted by Gasteiger charge is 2.59. The summed E-state index contributed by atoms with van der Waals surface area (Å²) in [6, 6.07) is 0.670. The first-order chi connectivity index (χ1) is 12.1. The number of nitrogens with zero attached hydrogens (tertiary/aromatic N) is 3. The Balaban J connectivity index is 1.26. The Morgan fingerprint density at radius 2 is 1.52 bits per heavy atom. The molecule has 3 saturated heterocycles. The summed E-state index contributed by atoms with van der Waals surface area (Å²) < 4.78 is 5.46. The van der Waals surface area contributed by atoms with Crippen molar-refractivity contribution >= 4 is 12.0 Å². The first kappa shape index (κ1) is 17.1. The molecule has 25 heavy (non-hydrogen) atoms. The van der Waals surface area contributed by atoms with Crippen LogP contribution in [0.1, 0.15) is 32.1 Å². The Kier molecular flexibility index (Phi) is 4.62. The number of rotatable bonds is 2. The monoisotopic (exact) mass is 351 g/mol. The van der Waals surface area contributed by atoms with Gasteiger partial charge in [0.2, 0.25) is 5.91 Å². The Hall–Kier alpha value is -1.34. The molecule has 3 aliphatic heterocycles. The molecule has 1 unspecified atom stereocenters. The van der Waals surface area contributed by atoms with Gasteiger partial charge in [-0.1, -0.05) is 0 Å². The molecule has 0 radical (unpaired) electrons. The van der Waals surface area contributed by atoms with Crippen LogP contribution < -0.4 is 0 Å². The normalized spacial score (nSPS) is 30.5. The van der Waals surface area contributed by atoms with Gasteiger partial charge in [-0.2, -0.15) is 0 Å². The van der Waals surface area contributed by atoms with Crippen LogP contribution in [0, 0.1) is 11.3 Å². The fourth-order valence-corrected chi connectivity index (χ4v) is 4.97. The molecule has 0 aromatic heterocycles. The number of hydrogen-bond acceptors (Lipinski definition) is 4. The van der Waals surface area contributed by atoms with E-state index in [-0.39, 0.29) is 17.2 Å². The molecule has 0 aromatic rings. The summed E-state index contributed by atoms with van der Waals surface area (Å²) in [6.07, 6.45) is 4.71. The third-order valence-electron chi connectivity index (χ3n) is 6.85. The molecule has 1 atom stereocenters. The van der Waals surface area contributed by atoms with Crippen molar-refractivity contribution in [1.29, 1.82) is 0 Å². The zero-order valence-electron chi connectivity index (χ0n) is 14.9. The Morgan fingerprint density at radius 1 is 0.920 bits per heavy atom. The summed E-state index contributed by atoms with van der Waals surface area (Å²) in [7, 11) is 0. The topological polar surface area (TPSA) is 73.3 Å². The van der Waals surface area contributed by atoms with Gasteiger partial charge in [-0.15, -0.1) is 0 Å². The van der Waals surface area contributed by atoms with Gasteiger partial charge < -0.3 is 24.5 Å². The van der Waals surface area contributed by atoms with Crippen molar-refractivity contribution in [1.82, 2.24) is 14.7 Å². The lowest BCUT2D eigenvalue weighted by molar-refractivity contribution is -0.135. The third-order valence-corrected chi connectivity index (χ3v) is 6.85. The Morgan fingerprint density at radius 3 is 2.12 bits per heavy atom. The molecule has 1 N–H and O–H groups in total. The quantitative estimate of drug-likeness (QED) is 0.806. The lowest BCUT2D eigenvalue weighted by Crippen LogP contribution is -2.51. The molecule has 0 aromatic carbocycles. The lowest BCUT2D eigenvalue weighted by Gasteiger charge is -2.40. The first-order valence-electron chi connectivity index (χ1n) is 9.67. The van der Waals surface area contributed by atoms with E-state index in [1.165, 1.54) is 4.90 Å². The van der Waals surface area contributed by atoms with E-state index in [9.17, 15) is 9.59 Å². The highest BCUT2D eigenvalue weighted by molar-refractivity contribution is 5.83. The van der Waals surface area contributed by atoms with E-state index in [0.29, 0.717) is 32.2 Å². The summed E-state index contributed by atoms with van der Waals surface area (Å²) in [5, 5.41) is 9.03. The number of carbonyl (C=O) groups is 2. The van der Waals surface area contributed by atoms with Gasteiger partial charge in [0.25, 0.3) is 0 Å². The van der Waals surface area contributed by atoms with E-state index >= 15 is 0 Å². The van der Waals surface area contributed by atoms with Crippen molar-refractivity contribution in [3.63, 3.8) is 0 Å². The van der Waals surface area contributed by atoms with E-state index in [4.69, 9.17) is 9.84 Å². The molecule has 7 nitrogen and oxygen atoms in total. The second-order valence-electron chi connectivity index (χ2n) is 8.09. The maximum Gasteiger partial charge on any atom is 0.407 e. The second kappa shape index (κ2) is 6.76. The molecule has 1 saturated carbocycles. The molecule has 7 heteroatoms. The van der Waals surface area contributed by atoms with E-state index in [2.05, 4.69) is 4.90 Å². The van der Waals surface area contributed by atoms with Crippen molar-refractivity contribution in [2.45, 2.75) is 38.1 Å². The Labute approximate surface area is 148 Å². The third kappa shape index (κ3) is 3.36. The zero-order chi connectivity index (χ0) is 17.4. The molecule has 0 bridgehead atoms. The maximum atomic E-state index is 12.8. The smallest absolute Gasteiger partial charge is 0.407 e. The molecule has 4 aliphatic rings. The predicted molar refractivity (Wildman–Crippen MR) is 91.4 cm³/mol. The van der Waals surface area contributed by atoms with Crippen LogP contribution in [0.2, 0.25) is 0 Å². The second-order valence-corrected chi connectivity index (χ2v) is 8.09. The summed E-state index contributed by atoms with van der Waals surface area (Å²) in [5.41, 5.74) is 0.239. The lowest BCUT2D eigenvalue weighted by atomic mass is 9.89. The van der Waals surface area contributed by atoms with Gasteiger partial charge in [0.1, 0.15) is 0 Å². The van der Waals surface area contributed by atoms with Crippen LogP contribution in [0.25, 0.3) is 0 Å². The van der Waals surface area contributed by atoms with E-state index in [1.807, 2.05) is 4.90 Å². The molecule has 4 rings (SSSR count). The van der Waals surface area contributed by atoms with Gasteiger partial charge in [0.15, 0.2) is 0 Å². The van der Waals surface area contributed by atoms with Gasteiger partial charge >= 0.3 is 6.09 Å². The summed E-state index contributed by atoms with van der Waals surface area (Å²) in [4.78, 5) is 29.7. The molecule has 1 spiro atoms. The fourth-order valence-electron chi connectivity index (χ4n) is 4.97. The van der Waals surface area contributed by atoms with Crippen molar-refractivity contribution in [3.8, 4) is 0 Å². The number of piperazine rings is 1. The van der Waals surface area contributed by atoms with Crippen molar-refractivity contribution in [3.05, 3.63) is 0 Å². The van der Waals surface area contributed by atoms with Crippen molar-refractivity contribution in [2.24, 2.45) is 11.3 Å². The Bertz CT molecular complexity index is 518. The number of ether oxygens (including phenoxy) is 1. The maximum absolute atomic E-state index is 12.8. The van der Waals surface area contributed by atoms with Crippen LogP contribution in [-0.2, 0) is 9.53 Å². The summed E-state index contributed by atoms with van der Waals surface area (Å²) in [6.45, 7) is 5.97.